The Balaban J connectivity index is 2.85. The summed E-state index contributed by atoms with van der Waals surface area (Å²) in [5, 5.41) is 9.61. The Hall–Kier alpha value is -1.57. The Kier molecular flexibility index (Phi) is 8.96. The molecule has 2 heteroatoms. The van der Waals surface area contributed by atoms with Crippen molar-refractivity contribution in [3.05, 3.63) is 39.0 Å². The lowest BCUT2D eigenvalue weighted by Gasteiger charge is -2.17. The van der Waals surface area contributed by atoms with Gasteiger partial charge in [-0.3, -0.25) is 0 Å². The summed E-state index contributed by atoms with van der Waals surface area (Å²) in [5.74, 6) is -0.777. The monoisotopic (exact) mass is 344 g/mol. The zero-order valence-electron chi connectivity index (χ0n) is 17.1. The third-order valence-corrected chi connectivity index (χ3v) is 5.70. The van der Waals surface area contributed by atoms with Gasteiger partial charge in [0.2, 0.25) is 0 Å². The van der Waals surface area contributed by atoms with Crippen LogP contribution < -0.4 is 0 Å². The molecule has 1 aromatic rings. The standard InChI is InChI=1S/C23H36O2/c1-7-8-9-10-11-12-13-14-21(23(24)25)15-22-19(5)17(3)16(2)18(4)20(22)6/h15H,7-14H2,1-6H3,(H,24,25)/b21-15+. The van der Waals surface area contributed by atoms with Gasteiger partial charge in [-0.15, -0.1) is 0 Å². The Bertz CT molecular complexity index is 594. The molecule has 0 aliphatic heterocycles. The van der Waals surface area contributed by atoms with Crippen molar-refractivity contribution in [1.29, 1.82) is 0 Å². The molecule has 0 amide bonds. The zero-order valence-corrected chi connectivity index (χ0v) is 17.1. The van der Waals surface area contributed by atoms with Crippen molar-refractivity contribution in [2.45, 2.75) is 92.9 Å². The molecule has 25 heavy (non-hydrogen) atoms. The van der Waals surface area contributed by atoms with Crippen molar-refractivity contribution in [2.24, 2.45) is 0 Å². The van der Waals surface area contributed by atoms with E-state index in [0.717, 1.165) is 18.4 Å². The van der Waals surface area contributed by atoms with E-state index in [2.05, 4.69) is 41.5 Å². The van der Waals surface area contributed by atoms with E-state index in [9.17, 15) is 9.90 Å². The summed E-state index contributed by atoms with van der Waals surface area (Å²) < 4.78 is 0. The molecule has 0 saturated carbocycles. The van der Waals surface area contributed by atoms with E-state index in [0.29, 0.717) is 12.0 Å². The first-order valence-corrected chi connectivity index (χ1v) is 9.82. The molecular weight excluding hydrogens is 308 g/mol. The SMILES string of the molecule is CCCCCCCCC/C(=C\c1c(C)c(C)c(C)c(C)c1C)C(=O)O. The van der Waals surface area contributed by atoms with Crippen LogP contribution in [0.1, 0.15) is 91.7 Å². The van der Waals surface area contributed by atoms with E-state index in [-0.39, 0.29) is 0 Å². The fourth-order valence-electron chi connectivity index (χ4n) is 3.43. The van der Waals surface area contributed by atoms with E-state index in [1.807, 2.05) is 6.08 Å². The highest BCUT2D eigenvalue weighted by Crippen LogP contribution is 2.28. The molecule has 0 aliphatic rings. The molecule has 0 bridgehead atoms. The average Bonchev–Trinajstić information content (AvgIpc) is 2.59. The summed E-state index contributed by atoms with van der Waals surface area (Å²) in [4.78, 5) is 11.7. The molecule has 1 aromatic carbocycles. The highest BCUT2D eigenvalue weighted by atomic mass is 16.4. The first-order chi connectivity index (χ1) is 11.8. The second kappa shape index (κ2) is 10.4. The van der Waals surface area contributed by atoms with E-state index in [1.165, 1.54) is 59.9 Å². The number of hydrogen-bond acceptors (Lipinski definition) is 1. The molecule has 0 radical (unpaired) electrons. The van der Waals surface area contributed by atoms with E-state index in [1.54, 1.807) is 0 Å². The second-order valence-corrected chi connectivity index (χ2v) is 7.38. The first-order valence-electron chi connectivity index (χ1n) is 9.82. The van der Waals surface area contributed by atoms with Crippen molar-refractivity contribution < 1.29 is 9.90 Å². The lowest BCUT2D eigenvalue weighted by Crippen LogP contribution is -2.04. The number of carboxylic acid groups (broad SMARTS) is 1. The fraction of sp³-hybridized carbons (Fsp3) is 0.609. The molecule has 0 saturated heterocycles. The average molecular weight is 345 g/mol. The number of carbonyl (C=O) groups is 1. The van der Waals surface area contributed by atoms with Crippen LogP contribution in [0.15, 0.2) is 5.57 Å². The molecule has 0 aromatic heterocycles. The maximum atomic E-state index is 11.7. The number of aliphatic carboxylic acids is 1. The molecule has 0 heterocycles. The first kappa shape index (κ1) is 21.5. The summed E-state index contributed by atoms with van der Waals surface area (Å²) in [6.07, 6.45) is 11.0. The summed E-state index contributed by atoms with van der Waals surface area (Å²) in [5.41, 5.74) is 7.92. The quantitative estimate of drug-likeness (QED) is 0.373. The van der Waals surface area contributed by atoms with Gasteiger partial charge in [0.15, 0.2) is 0 Å². The normalized spacial score (nSPS) is 11.8. The lowest BCUT2D eigenvalue weighted by molar-refractivity contribution is -0.132. The molecule has 2 nitrogen and oxygen atoms in total. The molecule has 0 aliphatic carbocycles. The largest absolute Gasteiger partial charge is 0.478 e. The van der Waals surface area contributed by atoms with Crippen LogP contribution in [0.25, 0.3) is 6.08 Å². The predicted molar refractivity (Wildman–Crippen MR) is 108 cm³/mol. The fourth-order valence-corrected chi connectivity index (χ4v) is 3.43. The van der Waals surface area contributed by atoms with Gasteiger partial charge in [-0.25, -0.2) is 4.79 Å². The summed E-state index contributed by atoms with van der Waals surface area (Å²) in [7, 11) is 0. The van der Waals surface area contributed by atoms with Crippen molar-refractivity contribution >= 4 is 12.0 Å². The number of hydrogen-bond donors (Lipinski definition) is 1. The van der Waals surface area contributed by atoms with Gasteiger partial charge in [0.1, 0.15) is 0 Å². The summed E-state index contributed by atoms with van der Waals surface area (Å²) in [6, 6.07) is 0. The predicted octanol–water partition coefficient (Wildman–Crippen LogP) is 6.84. The van der Waals surface area contributed by atoms with Crippen LogP contribution in [0.4, 0.5) is 0 Å². The van der Waals surface area contributed by atoms with E-state index < -0.39 is 5.97 Å². The second-order valence-electron chi connectivity index (χ2n) is 7.38. The minimum atomic E-state index is -0.777. The van der Waals surface area contributed by atoms with E-state index in [4.69, 9.17) is 0 Å². The molecule has 1 N–H and O–H groups in total. The van der Waals surface area contributed by atoms with Crippen LogP contribution in [0.2, 0.25) is 0 Å². The topological polar surface area (TPSA) is 37.3 Å². The van der Waals surface area contributed by atoms with Gasteiger partial charge >= 0.3 is 5.97 Å². The van der Waals surface area contributed by atoms with Crippen molar-refractivity contribution in [2.75, 3.05) is 0 Å². The molecule has 140 valence electrons. The van der Waals surface area contributed by atoms with Crippen molar-refractivity contribution in [3.63, 3.8) is 0 Å². The number of unbranched alkanes of at least 4 members (excludes halogenated alkanes) is 6. The van der Waals surface area contributed by atoms with E-state index >= 15 is 0 Å². The van der Waals surface area contributed by atoms with Crippen molar-refractivity contribution in [1.82, 2.24) is 0 Å². The molecule has 0 atom stereocenters. The maximum Gasteiger partial charge on any atom is 0.331 e. The molecule has 1 rings (SSSR count). The van der Waals surface area contributed by atoms with Crippen LogP contribution in [-0.2, 0) is 4.79 Å². The third kappa shape index (κ3) is 6.02. The Morgan fingerprint density at radius 3 is 1.68 bits per heavy atom. The number of carboxylic acids is 1. The van der Waals surface area contributed by atoms with Gasteiger partial charge in [0.05, 0.1) is 0 Å². The third-order valence-electron chi connectivity index (χ3n) is 5.70. The van der Waals surface area contributed by atoms with Crippen molar-refractivity contribution in [3.8, 4) is 0 Å². The van der Waals surface area contributed by atoms with Gasteiger partial charge in [-0.05, 0) is 86.9 Å². The number of rotatable bonds is 10. The molecule has 0 spiro atoms. The summed E-state index contributed by atoms with van der Waals surface area (Å²) in [6.45, 7) is 12.8. The van der Waals surface area contributed by atoms with Gasteiger partial charge in [0.25, 0.3) is 0 Å². The van der Waals surface area contributed by atoms with Crippen LogP contribution >= 0.6 is 0 Å². The van der Waals surface area contributed by atoms with Gasteiger partial charge < -0.3 is 5.11 Å². The molecule has 0 unspecified atom stereocenters. The zero-order chi connectivity index (χ0) is 19.0. The highest BCUT2D eigenvalue weighted by molar-refractivity contribution is 5.92. The smallest absolute Gasteiger partial charge is 0.331 e. The summed E-state index contributed by atoms with van der Waals surface area (Å²) >= 11 is 0. The Morgan fingerprint density at radius 2 is 1.20 bits per heavy atom. The highest BCUT2D eigenvalue weighted by Gasteiger charge is 2.14. The Morgan fingerprint density at radius 1 is 0.760 bits per heavy atom. The lowest BCUT2D eigenvalue weighted by atomic mass is 9.88. The van der Waals surface area contributed by atoms with Gasteiger partial charge in [-0.1, -0.05) is 45.4 Å². The Labute approximate surface area is 154 Å². The molecule has 0 fully saturated rings. The maximum absolute atomic E-state index is 11.7. The minimum absolute atomic E-state index is 0.544. The minimum Gasteiger partial charge on any atom is -0.478 e. The van der Waals surface area contributed by atoms with Crippen LogP contribution in [0.5, 0.6) is 0 Å². The molecular formula is C23H36O2. The van der Waals surface area contributed by atoms with Gasteiger partial charge in [-0.2, -0.15) is 0 Å². The van der Waals surface area contributed by atoms with Gasteiger partial charge in [0, 0.05) is 5.57 Å². The van der Waals surface area contributed by atoms with Crippen LogP contribution in [-0.4, -0.2) is 11.1 Å². The van der Waals surface area contributed by atoms with Crippen LogP contribution in [0, 0.1) is 34.6 Å². The number of benzene rings is 1. The van der Waals surface area contributed by atoms with Crippen LogP contribution in [0.3, 0.4) is 0 Å².